The number of aryl methyl sites for hydroxylation is 4. The molecule has 2 aromatic heterocycles. The topological polar surface area (TPSA) is 28.3 Å². The van der Waals surface area contributed by atoms with Crippen molar-refractivity contribution in [1.82, 2.24) is 9.13 Å². The number of benzene rings is 8. The molecule has 0 saturated carbocycles. The minimum absolute atomic E-state index is 0.870. The molecule has 8 aromatic carbocycles. The van der Waals surface area contributed by atoms with Gasteiger partial charge in [-0.05, 0) is 166 Å². The normalized spacial score (nSPS) is 13.1. The second kappa shape index (κ2) is 12.7. The van der Waals surface area contributed by atoms with Crippen LogP contribution < -0.4 is 9.47 Å². The van der Waals surface area contributed by atoms with Gasteiger partial charge in [-0.15, -0.1) is 0 Å². The van der Waals surface area contributed by atoms with Gasteiger partial charge in [-0.3, -0.25) is 0 Å². The standard InChI is InChI=1S/C54H40N2O2/c1-57-41-17-9-11-33(27-41)35-21-25-49-45(29-35)47-31-37-19-24-44-52-38(20-23-43(51(37)52)53(47)55(49)39-13-5-3-6-14-39)32-48-46-30-36(34-12-10-18-42(28-34)58-2)22-26-50(46)56(54(44)48)40-15-7-4-8-16-40/h3-18,21-22,25-32H,19-20,23-24H2,1-2H3. The largest absolute Gasteiger partial charge is 0.497 e. The van der Waals surface area contributed by atoms with Crippen molar-refractivity contribution in [1.29, 1.82) is 0 Å². The fourth-order valence-corrected chi connectivity index (χ4v) is 10.3. The van der Waals surface area contributed by atoms with Crippen molar-refractivity contribution in [3.63, 3.8) is 0 Å². The molecular formula is C54H40N2O2. The molecule has 4 heteroatoms. The quantitative estimate of drug-likeness (QED) is 0.169. The molecule has 0 spiro atoms. The summed E-state index contributed by atoms with van der Waals surface area (Å²) in [5, 5.41) is 5.27. The third-order valence-corrected chi connectivity index (χ3v) is 12.8. The molecule has 2 aliphatic rings. The highest BCUT2D eigenvalue weighted by Crippen LogP contribution is 2.51. The van der Waals surface area contributed by atoms with Crippen molar-refractivity contribution in [3.8, 4) is 56.3 Å². The van der Waals surface area contributed by atoms with E-state index in [4.69, 9.17) is 9.47 Å². The zero-order chi connectivity index (χ0) is 38.5. The van der Waals surface area contributed by atoms with Crippen molar-refractivity contribution >= 4 is 43.6 Å². The number of aromatic nitrogens is 2. The van der Waals surface area contributed by atoms with E-state index in [1.165, 1.54) is 99.5 Å². The molecule has 12 rings (SSSR count). The molecule has 0 radical (unpaired) electrons. The highest BCUT2D eigenvalue weighted by Gasteiger charge is 2.33. The zero-order valence-electron chi connectivity index (χ0n) is 32.6. The maximum Gasteiger partial charge on any atom is 0.119 e. The second-order valence-corrected chi connectivity index (χ2v) is 15.8. The van der Waals surface area contributed by atoms with E-state index in [0.29, 0.717) is 0 Å². The first-order valence-corrected chi connectivity index (χ1v) is 20.3. The van der Waals surface area contributed by atoms with E-state index in [2.05, 4.69) is 155 Å². The van der Waals surface area contributed by atoms with Crippen LogP contribution in [0.15, 0.2) is 158 Å². The molecule has 10 aromatic rings. The summed E-state index contributed by atoms with van der Waals surface area (Å²) in [5.74, 6) is 1.74. The van der Waals surface area contributed by atoms with E-state index in [9.17, 15) is 0 Å². The van der Waals surface area contributed by atoms with Gasteiger partial charge in [0.15, 0.2) is 0 Å². The highest BCUT2D eigenvalue weighted by atomic mass is 16.5. The first-order chi connectivity index (χ1) is 28.7. The van der Waals surface area contributed by atoms with E-state index >= 15 is 0 Å². The summed E-state index contributed by atoms with van der Waals surface area (Å²) in [6.07, 6.45) is 4.00. The number of hydrogen-bond acceptors (Lipinski definition) is 2. The molecule has 0 saturated heterocycles. The lowest BCUT2D eigenvalue weighted by atomic mass is 9.74. The van der Waals surface area contributed by atoms with Gasteiger partial charge in [0.25, 0.3) is 0 Å². The molecule has 0 bridgehead atoms. The van der Waals surface area contributed by atoms with Gasteiger partial charge < -0.3 is 18.6 Å². The number of nitrogens with zero attached hydrogens (tertiary/aromatic N) is 2. The summed E-state index contributed by atoms with van der Waals surface area (Å²) in [4.78, 5) is 0. The molecule has 0 atom stereocenters. The van der Waals surface area contributed by atoms with Gasteiger partial charge >= 0.3 is 0 Å². The number of para-hydroxylation sites is 2. The average Bonchev–Trinajstić information content (AvgIpc) is 3.80. The average molecular weight is 749 g/mol. The Morgan fingerprint density at radius 2 is 0.810 bits per heavy atom. The molecule has 0 fully saturated rings. The Morgan fingerprint density at radius 3 is 1.24 bits per heavy atom. The molecule has 0 aliphatic heterocycles. The van der Waals surface area contributed by atoms with Gasteiger partial charge in [0, 0.05) is 32.9 Å². The third-order valence-electron chi connectivity index (χ3n) is 12.8. The molecular weight excluding hydrogens is 709 g/mol. The Kier molecular flexibility index (Phi) is 7.28. The van der Waals surface area contributed by atoms with Crippen molar-refractivity contribution in [3.05, 3.63) is 180 Å². The van der Waals surface area contributed by atoms with Crippen LogP contribution >= 0.6 is 0 Å². The van der Waals surface area contributed by atoms with Crippen LogP contribution in [-0.4, -0.2) is 23.4 Å². The fraction of sp³-hybridized carbons (Fsp3) is 0.111. The van der Waals surface area contributed by atoms with Crippen molar-refractivity contribution in [2.24, 2.45) is 0 Å². The van der Waals surface area contributed by atoms with E-state index in [-0.39, 0.29) is 0 Å². The minimum Gasteiger partial charge on any atom is -0.497 e. The molecule has 0 amide bonds. The first kappa shape index (κ1) is 33.1. The maximum absolute atomic E-state index is 5.62. The summed E-state index contributed by atoms with van der Waals surface area (Å²) in [6, 6.07) is 57.8. The Bertz CT molecular complexity index is 3080. The fourth-order valence-electron chi connectivity index (χ4n) is 10.3. The van der Waals surface area contributed by atoms with E-state index in [1.807, 2.05) is 12.1 Å². The van der Waals surface area contributed by atoms with Crippen molar-refractivity contribution in [2.45, 2.75) is 25.7 Å². The molecule has 0 N–H and O–H groups in total. The number of hydrogen-bond donors (Lipinski definition) is 0. The van der Waals surface area contributed by atoms with Crippen LogP contribution in [0.1, 0.15) is 22.3 Å². The lowest BCUT2D eigenvalue weighted by Gasteiger charge is -2.31. The molecule has 2 heterocycles. The molecule has 58 heavy (non-hydrogen) atoms. The lowest BCUT2D eigenvalue weighted by molar-refractivity contribution is 0.415. The predicted molar refractivity (Wildman–Crippen MR) is 239 cm³/mol. The predicted octanol–water partition coefficient (Wildman–Crippen LogP) is 13.1. The smallest absolute Gasteiger partial charge is 0.119 e. The number of methoxy groups -OCH3 is 2. The summed E-state index contributed by atoms with van der Waals surface area (Å²) in [6.45, 7) is 0. The first-order valence-electron chi connectivity index (χ1n) is 20.3. The lowest BCUT2D eigenvalue weighted by Crippen LogP contribution is -2.16. The molecule has 4 nitrogen and oxygen atoms in total. The molecule has 278 valence electrons. The van der Waals surface area contributed by atoms with E-state index in [1.54, 1.807) is 14.2 Å². The van der Waals surface area contributed by atoms with Crippen LogP contribution in [0, 0.1) is 0 Å². The van der Waals surface area contributed by atoms with Gasteiger partial charge in [-0.25, -0.2) is 0 Å². The Balaban J connectivity index is 1.15. The summed E-state index contributed by atoms with van der Waals surface area (Å²) < 4.78 is 16.3. The van der Waals surface area contributed by atoms with Gasteiger partial charge in [0.05, 0.1) is 36.3 Å². The van der Waals surface area contributed by atoms with Crippen LogP contribution in [0.5, 0.6) is 11.5 Å². The Labute approximate surface area is 337 Å². The zero-order valence-corrected chi connectivity index (χ0v) is 32.6. The van der Waals surface area contributed by atoms with Crippen LogP contribution in [0.25, 0.3) is 88.4 Å². The van der Waals surface area contributed by atoms with Gasteiger partial charge in [-0.2, -0.15) is 0 Å². The number of fused-ring (bicyclic) bond motifs is 8. The SMILES string of the molecule is COc1cccc(-c2ccc3c(c2)c2cc4c5c(c2n3-c2ccccc2)CCc2cc3c6cc(-c7cccc(OC)c7)ccc6n(-c6ccccc6)c3c(c2-5)CC4)c1. The van der Waals surface area contributed by atoms with E-state index in [0.717, 1.165) is 48.3 Å². The van der Waals surface area contributed by atoms with Crippen LogP contribution in [-0.2, 0) is 25.7 Å². The van der Waals surface area contributed by atoms with Crippen molar-refractivity contribution in [2.75, 3.05) is 14.2 Å². The van der Waals surface area contributed by atoms with Crippen LogP contribution in [0.4, 0.5) is 0 Å². The Hall–Kier alpha value is -7.04. The van der Waals surface area contributed by atoms with Gasteiger partial charge in [0.2, 0.25) is 0 Å². The molecule has 2 aliphatic carbocycles. The Morgan fingerprint density at radius 1 is 0.379 bits per heavy atom. The monoisotopic (exact) mass is 748 g/mol. The van der Waals surface area contributed by atoms with E-state index < -0.39 is 0 Å². The minimum atomic E-state index is 0.870. The van der Waals surface area contributed by atoms with Gasteiger partial charge in [0.1, 0.15) is 11.5 Å². The third kappa shape index (κ3) is 4.81. The van der Waals surface area contributed by atoms with Gasteiger partial charge in [-0.1, -0.05) is 72.8 Å². The van der Waals surface area contributed by atoms with Crippen LogP contribution in [0.2, 0.25) is 0 Å². The summed E-state index contributed by atoms with van der Waals surface area (Å²) >= 11 is 0. The summed E-state index contributed by atoms with van der Waals surface area (Å²) in [7, 11) is 3.47. The van der Waals surface area contributed by atoms with Crippen LogP contribution in [0.3, 0.4) is 0 Å². The second-order valence-electron chi connectivity index (χ2n) is 15.8. The summed E-state index contributed by atoms with van der Waals surface area (Å²) in [5.41, 5.74) is 21.1. The van der Waals surface area contributed by atoms with Crippen molar-refractivity contribution < 1.29 is 9.47 Å². The maximum atomic E-state index is 5.62. The number of rotatable bonds is 6. The highest BCUT2D eigenvalue weighted by molar-refractivity contribution is 6.17. The molecule has 0 unspecified atom stereocenters. The number of ether oxygens (including phenoxy) is 2.